The van der Waals surface area contributed by atoms with Crippen LogP contribution < -0.4 is 14.8 Å². The molecule has 2 N–H and O–H groups in total. The van der Waals surface area contributed by atoms with E-state index >= 15 is 0 Å². The van der Waals surface area contributed by atoms with Gasteiger partial charge in [0.2, 0.25) is 0 Å². The van der Waals surface area contributed by atoms with Gasteiger partial charge in [0.05, 0.1) is 17.7 Å². The molecule has 0 spiro atoms. The van der Waals surface area contributed by atoms with E-state index in [0.29, 0.717) is 16.9 Å². The SMILES string of the molecule is COc1ccc(S(=O)(=O)Nc2cc(C(=O)NCc3ccccc3F)ccc2C)cc1. The summed E-state index contributed by atoms with van der Waals surface area (Å²) in [5.74, 6) is -0.309. The van der Waals surface area contributed by atoms with E-state index in [-0.39, 0.29) is 22.7 Å². The zero-order valence-electron chi connectivity index (χ0n) is 16.5. The largest absolute Gasteiger partial charge is 0.497 e. The van der Waals surface area contributed by atoms with E-state index in [9.17, 15) is 17.6 Å². The second-order valence-corrected chi connectivity index (χ2v) is 8.27. The Balaban J connectivity index is 1.77. The molecular formula is C22H21FN2O4S. The van der Waals surface area contributed by atoms with E-state index < -0.39 is 21.7 Å². The Morgan fingerprint density at radius 1 is 1.03 bits per heavy atom. The van der Waals surface area contributed by atoms with Crippen LogP contribution in [0.4, 0.5) is 10.1 Å². The fraction of sp³-hybridized carbons (Fsp3) is 0.136. The Bertz CT molecular complexity index is 1160. The van der Waals surface area contributed by atoms with Crippen LogP contribution in [0.15, 0.2) is 71.6 Å². The van der Waals surface area contributed by atoms with Crippen molar-refractivity contribution in [2.75, 3.05) is 11.8 Å². The van der Waals surface area contributed by atoms with Gasteiger partial charge in [-0.25, -0.2) is 12.8 Å². The molecule has 0 heterocycles. The van der Waals surface area contributed by atoms with Crippen LogP contribution >= 0.6 is 0 Å². The number of aryl methyl sites for hydroxylation is 1. The van der Waals surface area contributed by atoms with Gasteiger partial charge in [0.25, 0.3) is 15.9 Å². The highest BCUT2D eigenvalue weighted by Gasteiger charge is 2.17. The number of carbonyl (C=O) groups is 1. The first-order chi connectivity index (χ1) is 14.3. The molecule has 0 fully saturated rings. The average molecular weight is 428 g/mol. The molecule has 0 bridgehead atoms. The summed E-state index contributed by atoms with van der Waals surface area (Å²) in [4.78, 5) is 12.5. The summed E-state index contributed by atoms with van der Waals surface area (Å²) in [5, 5.41) is 2.64. The molecule has 0 saturated heterocycles. The maximum Gasteiger partial charge on any atom is 0.261 e. The summed E-state index contributed by atoms with van der Waals surface area (Å²) < 4.78 is 46.6. The summed E-state index contributed by atoms with van der Waals surface area (Å²) >= 11 is 0. The van der Waals surface area contributed by atoms with E-state index in [1.165, 1.54) is 31.4 Å². The number of hydrogen-bond donors (Lipinski definition) is 2. The minimum absolute atomic E-state index is 0.0201. The van der Waals surface area contributed by atoms with Crippen molar-refractivity contribution in [1.82, 2.24) is 5.32 Å². The molecule has 3 rings (SSSR count). The summed E-state index contributed by atoms with van der Waals surface area (Å²) in [6, 6.07) is 16.8. The fourth-order valence-electron chi connectivity index (χ4n) is 2.75. The lowest BCUT2D eigenvalue weighted by Crippen LogP contribution is -2.23. The average Bonchev–Trinajstić information content (AvgIpc) is 2.74. The number of ether oxygens (including phenoxy) is 1. The standard InChI is InChI=1S/C22H21FN2O4S/c1-15-7-8-16(22(26)24-14-17-5-3-4-6-20(17)23)13-21(15)25-30(27,28)19-11-9-18(29-2)10-12-19/h3-13,25H,14H2,1-2H3,(H,24,26). The predicted octanol–water partition coefficient (Wildman–Crippen LogP) is 3.87. The lowest BCUT2D eigenvalue weighted by atomic mass is 10.1. The molecule has 8 heteroatoms. The number of hydrogen-bond acceptors (Lipinski definition) is 4. The van der Waals surface area contributed by atoms with E-state index in [0.717, 1.165) is 0 Å². The predicted molar refractivity (Wildman–Crippen MR) is 113 cm³/mol. The second-order valence-electron chi connectivity index (χ2n) is 6.58. The fourth-order valence-corrected chi connectivity index (χ4v) is 3.87. The summed E-state index contributed by atoms with van der Waals surface area (Å²) in [6.45, 7) is 1.75. The molecule has 30 heavy (non-hydrogen) atoms. The van der Waals surface area contributed by atoms with Crippen molar-refractivity contribution in [3.05, 3.63) is 89.2 Å². The normalized spacial score (nSPS) is 11.0. The van der Waals surface area contributed by atoms with Gasteiger partial charge in [0.15, 0.2) is 0 Å². The molecule has 0 aromatic heterocycles. The molecule has 0 saturated carbocycles. The minimum atomic E-state index is -3.85. The maximum atomic E-state index is 13.7. The molecule has 156 valence electrons. The lowest BCUT2D eigenvalue weighted by Gasteiger charge is -2.13. The molecule has 0 unspecified atom stereocenters. The first kappa shape index (κ1) is 21.3. The zero-order valence-corrected chi connectivity index (χ0v) is 17.3. The van der Waals surface area contributed by atoms with E-state index in [1.54, 1.807) is 49.4 Å². The van der Waals surface area contributed by atoms with Crippen molar-refractivity contribution in [3.8, 4) is 5.75 Å². The monoisotopic (exact) mass is 428 g/mol. The number of carbonyl (C=O) groups excluding carboxylic acids is 1. The molecule has 6 nitrogen and oxygen atoms in total. The number of amides is 1. The van der Waals surface area contributed by atoms with E-state index in [4.69, 9.17) is 4.74 Å². The van der Waals surface area contributed by atoms with Crippen LogP contribution in [0.3, 0.4) is 0 Å². The number of sulfonamides is 1. The smallest absolute Gasteiger partial charge is 0.261 e. The van der Waals surface area contributed by atoms with Crippen LogP contribution in [0.2, 0.25) is 0 Å². The van der Waals surface area contributed by atoms with Crippen LogP contribution in [0.25, 0.3) is 0 Å². The molecule has 0 radical (unpaired) electrons. The van der Waals surface area contributed by atoms with Gasteiger partial charge in [-0.05, 0) is 55.0 Å². The van der Waals surface area contributed by atoms with Gasteiger partial charge < -0.3 is 10.1 Å². The van der Waals surface area contributed by atoms with Gasteiger partial charge in [0, 0.05) is 17.7 Å². The molecule has 0 aliphatic carbocycles. The lowest BCUT2D eigenvalue weighted by molar-refractivity contribution is 0.0950. The Morgan fingerprint density at radius 3 is 2.40 bits per heavy atom. The Kier molecular flexibility index (Phi) is 6.37. The highest BCUT2D eigenvalue weighted by molar-refractivity contribution is 7.92. The number of anilines is 1. The van der Waals surface area contributed by atoms with Crippen LogP contribution in [0.1, 0.15) is 21.5 Å². The van der Waals surface area contributed by atoms with Crippen molar-refractivity contribution < 1.29 is 22.3 Å². The van der Waals surface area contributed by atoms with Crippen molar-refractivity contribution in [3.63, 3.8) is 0 Å². The molecular weight excluding hydrogens is 407 g/mol. The van der Waals surface area contributed by atoms with Crippen molar-refractivity contribution in [1.29, 1.82) is 0 Å². The Labute approximate surface area is 174 Å². The highest BCUT2D eigenvalue weighted by atomic mass is 32.2. The third-order valence-electron chi connectivity index (χ3n) is 4.51. The van der Waals surface area contributed by atoms with Crippen molar-refractivity contribution in [2.45, 2.75) is 18.4 Å². The highest BCUT2D eigenvalue weighted by Crippen LogP contribution is 2.23. The molecule has 1 amide bonds. The zero-order chi connectivity index (χ0) is 21.7. The number of nitrogens with one attached hydrogen (secondary N) is 2. The third kappa shape index (κ3) is 4.96. The first-order valence-corrected chi connectivity index (χ1v) is 10.6. The molecule has 0 aliphatic rings. The van der Waals surface area contributed by atoms with Crippen LogP contribution in [0.5, 0.6) is 5.75 Å². The van der Waals surface area contributed by atoms with E-state index in [1.807, 2.05) is 0 Å². The Morgan fingerprint density at radius 2 is 1.73 bits per heavy atom. The maximum absolute atomic E-state index is 13.7. The summed E-state index contributed by atoms with van der Waals surface area (Å²) in [7, 11) is -2.36. The molecule has 0 aliphatic heterocycles. The van der Waals surface area contributed by atoms with Gasteiger partial charge in [-0.1, -0.05) is 24.3 Å². The van der Waals surface area contributed by atoms with E-state index in [2.05, 4.69) is 10.0 Å². The summed E-state index contributed by atoms with van der Waals surface area (Å²) in [5.41, 5.74) is 1.55. The number of halogens is 1. The molecule has 3 aromatic carbocycles. The Hall–Kier alpha value is -3.39. The number of benzene rings is 3. The van der Waals surface area contributed by atoms with Crippen LogP contribution in [-0.4, -0.2) is 21.4 Å². The second kappa shape index (κ2) is 8.96. The van der Waals surface area contributed by atoms with Gasteiger partial charge >= 0.3 is 0 Å². The number of rotatable bonds is 7. The van der Waals surface area contributed by atoms with Crippen molar-refractivity contribution in [2.24, 2.45) is 0 Å². The van der Waals surface area contributed by atoms with Gasteiger partial charge in [-0.3, -0.25) is 9.52 Å². The van der Waals surface area contributed by atoms with Crippen molar-refractivity contribution >= 4 is 21.6 Å². The van der Waals surface area contributed by atoms with Gasteiger partial charge in [-0.2, -0.15) is 0 Å². The molecule has 3 aromatic rings. The topological polar surface area (TPSA) is 84.5 Å². The van der Waals surface area contributed by atoms with Crippen LogP contribution in [0, 0.1) is 12.7 Å². The number of methoxy groups -OCH3 is 1. The summed E-state index contributed by atoms with van der Waals surface area (Å²) in [6.07, 6.45) is 0. The third-order valence-corrected chi connectivity index (χ3v) is 5.89. The first-order valence-electron chi connectivity index (χ1n) is 9.09. The quantitative estimate of drug-likeness (QED) is 0.598. The van der Waals surface area contributed by atoms with Gasteiger partial charge in [-0.15, -0.1) is 0 Å². The van der Waals surface area contributed by atoms with Crippen LogP contribution in [-0.2, 0) is 16.6 Å². The minimum Gasteiger partial charge on any atom is -0.497 e. The van der Waals surface area contributed by atoms with Gasteiger partial charge in [0.1, 0.15) is 11.6 Å². The molecule has 0 atom stereocenters.